The number of aromatic hydroxyl groups is 2. The van der Waals surface area contributed by atoms with E-state index < -0.39 is 24.0 Å². The highest BCUT2D eigenvalue weighted by molar-refractivity contribution is 5.81. The first-order valence-electron chi connectivity index (χ1n) is 7.64. The van der Waals surface area contributed by atoms with Gasteiger partial charge in [-0.05, 0) is 38.5 Å². The Morgan fingerprint density at radius 1 is 1.16 bits per heavy atom. The molecule has 25 heavy (non-hydrogen) atoms. The second-order valence-electron chi connectivity index (χ2n) is 5.98. The molecule has 1 aromatic carbocycles. The van der Waals surface area contributed by atoms with Crippen LogP contribution < -0.4 is 11.3 Å². The summed E-state index contributed by atoms with van der Waals surface area (Å²) in [6.07, 6.45) is -2.45. The summed E-state index contributed by atoms with van der Waals surface area (Å²) in [6, 6.07) is 4.12. The third-order valence-corrected chi connectivity index (χ3v) is 3.23. The third-order valence-electron chi connectivity index (χ3n) is 3.23. The molecular weight excluding hydrogens is 332 g/mol. The Hall–Kier alpha value is -2.52. The molecule has 0 aliphatic carbocycles. The summed E-state index contributed by atoms with van der Waals surface area (Å²) in [5, 5.41) is 18.9. The maximum absolute atomic E-state index is 12.4. The zero-order valence-corrected chi connectivity index (χ0v) is 14.6. The SMILES string of the molecule is CC(C)OC(=O)O[C@H](C)OC(=O)[C@](C)(Cc1ccc(O)c(O)c1)NN. The normalized spacial score (nSPS) is 14.5. The fourth-order valence-corrected chi connectivity index (χ4v) is 1.93. The zero-order chi connectivity index (χ0) is 19.2. The van der Waals surface area contributed by atoms with Gasteiger partial charge in [-0.3, -0.25) is 5.84 Å². The molecule has 0 saturated heterocycles. The summed E-state index contributed by atoms with van der Waals surface area (Å²) >= 11 is 0. The summed E-state index contributed by atoms with van der Waals surface area (Å²) < 4.78 is 14.7. The summed E-state index contributed by atoms with van der Waals surface area (Å²) in [6.45, 7) is 6.15. The number of benzene rings is 1. The molecule has 0 heterocycles. The lowest BCUT2D eigenvalue weighted by Crippen LogP contribution is -2.56. The van der Waals surface area contributed by atoms with E-state index in [1.165, 1.54) is 32.0 Å². The van der Waals surface area contributed by atoms with Crippen molar-refractivity contribution in [2.45, 2.75) is 52.0 Å². The van der Waals surface area contributed by atoms with E-state index in [9.17, 15) is 19.8 Å². The number of hydrazine groups is 1. The van der Waals surface area contributed by atoms with Crippen molar-refractivity contribution in [2.75, 3.05) is 0 Å². The molecule has 0 unspecified atom stereocenters. The lowest BCUT2D eigenvalue weighted by molar-refractivity contribution is -0.175. The van der Waals surface area contributed by atoms with Gasteiger partial charge in [0.1, 0.15) is 5.54 Å². The Bertz CT molecular complexity index is 621. The predicted octanol–water partition coefficient (Wildman–Crippen LogP) is 1.31. The van der Waals surface area contributed by atoms with Crippen LogP contribution in [0.5, 0.6) is 11.5 Å². The molecule has 0 aliphatic rings. The first-order valence-corrected chi connectivity index (χ1v) is 7.64. The molecular formula is C16H24N2O7. The third kappa shape index (κ3) is 6.12. The summed E-state index contributed by atoms with van der Waals surface area (Å²) in [5.74, 6) is 4.10. The van der Waals surface area contributed by atoms with Gasteiger partial charge in [0.25, 0.3) is 0 Å². The fraction of sp³-hybridized carbons (Fsp3) is 0.500. The summed E-state index contributed by atoms with van der Waals surface area (Å²) in [5.41, 5.74) is 1.53. The van der Waals surface area contributed by atoms with Crippen LogP contribution in [0.4, 0.5) is 4.79 Å². The van der Waals surface area contributed by atoms with Gasteiger partial charge < -0.3 is 24.4 Å². The van der Waals surface area contributed by atoms with E-state index in [1.54, 1.807) is 13.8 Å². The minimum Gasteiger partial charge on any atom is -0.504 e. The van der Waals surface area contributed by atoms with E-state index in [4.69, 9.17) is 20.1 Å². The van der Waals surface area contributed by atoms with Crippen LogP contribution >= 0.6 is 0 Å². The van der Waals surface area contributed by atoms with Crippen LogP contribution in [0.2, 0.25) is 0 Å². The van der Waals surface area contributed by atoms with Crippen molar-refractivity contribution in [1.82, 2.24) is 5.43 Å². The Kier molecular flexibility index (Phi) is 7.01. The van der Waals surface area contributed by atoms with Gasteiger partial charge in [-0.1, -0.05) is 6.07 Å². The van der Waals surface area contributed by atoms with Crippen molar-refractivity contribution < 1.29 is 34.0 Å². The highest BCUT2D eigenvalue weighted by atomic mass is 16.8. The maximum atomic E-state index is 12.4. The van der Waals surface area contributed by atoms with E-state index in [0.717, 1.165) is 0 Å². The second-order valence-corrected chi connectivity index (χ2v) is 5.98. The van der Waals surface area contributed by atoms with E-state index in [2.05, 4.69) is 5.43 Å². The van der Waals surface area contributed by atoms with Crippen molar-refractivity contribution in [2.24, 2.45) is 5.84 Å². The van der Waals surface area contributed by atoms with Gasteiger partial charge in [-0.25, -0.2) is 15.0 Å². The standard InChI is InChI=1S/C16H24N2O7/c1-9(2)23-15(22)25-10(3)24-14(21)16(4,18-17)8-11-5-6-12(19)13(20)7-11/h5-7,9-10,18-20H,8,17H2,1-4H3/t10-,16+/m1/s1. The van der Waals surface area contributed by atoms with Gasteiger partial charge in [0.2, 0.25) is 6.29 Å². The first-order chi connectivity index (χ1) is 11.6. The molecule has 9 heteroatoms. The molecule has 0 aliphatic heterocycles. The summed E-state index contributed by atoms with van der Waals surface area (Å²) in [4.78, 5) is 23.8. The molecule has 0 spiro atoms. The van der Waals surface area contributed by atoms with Crippen molar-refractivity contribution >= 4 is 12.1 Å². The van der Waals surface area contributed by atoms with E-state index in [-0.39, 0.29) is 24.0 Å². The van der Waals surface area contributed by atoms with Gasteiger partial charge in [0.05, 0.1) is 6.10 Å². The van der Waals surface area contributed by atoms with E-state index in [0.29, 0.717) is 5.56 Å². The van der Waals surface area contributed by atoms with Crippen LogP contribution in [0.15, 0.2) is 18.2 Å². The Morgan fingerprint density at radius 2 is 1.80 bits per heavy atom. The molecule has 5 N–H and O–H groups in total. The van der Waals surface area contributed by atoms with Crippen LogP contribution in [0.3, 0.4) is 0 Å². The summed E-state index contributed by atoms with van der Waals surface area (Å²) in [7, 11) is 0. The largest absolute Gasteiger partial charge is 0.511 e. The minimum absolute atomic E-state index is 0.0549. The van der Waals surface area contributed by atoms with Crippen LogP contribution in [0, 0.1) is 0 Å². The smallest absolute Gasteiger partial charge is 0.504 e. The number of carbonyl (C=O) groups excluding carboxylic acids is 2. The van der Waals surface area contributed by atoms with Crippen molar-refractivity contribution in [3.8, 4) is 11.5 Å². The molecule has 0 saturated carbocycles. The second kappa shape index (κ2) is 8.54. The van der Waals surface area contributed by atoms with Gasteiger partial charge in [-0.15, -0.1) is 0 Å². The number of nitrogens with two attached hydrogens (primary N) is 1. The zero-order valence-electron chi connectivity index (χ0n) is 14.6. The molecule has 2 atom stereocenters. The molecule has 0 amide bonds. The molecule has 140 valence electrons. The number of hydrogen-bond acceptors (Lipinski definition) is 9. The Balaban J connectivity index is 2.74. The molecule has 1 aromatic rings. The van der Waals surface area contributed by atoms with E-state index in [1.807, 2.05) is 0 Å². The number of carbonyl (C=O) groups is 2. The predicted molar refractivity (Wildman–Crippen MR) is 87.5 cm³/mol. The number of esters is 1. The van der Waals surface area contributed by atoms with Gasteiger partial charge in [0.15, 0.2) is 11.5 Å². The lowest BCUT2D eigenvalue weighted by Gasteiger charge is -2.28. The number of phenols is 2. The molecule has 0 fully saturated rings. The monoisotopic (exact) mass is 356 g/mol. The molecule has 1 rings (SSSR count). The van der Waals surface area contributed by atoms with Crippen molar-refractivity contribution in [1.29, 1.82) is 0 Å². The van der Waals surface area contributed by atoms with Gasteiger partial charge >= 0.3 is 12.1 Å². The number of nitrogens with one attached hydrogen (secondary N) is 1. The van der Waals surface area contributed by atoms with E-state index >= 15 is 0 Å². The average Bonchev–Trinajstić information content (AvgIpc) is 2.49. The minimum atomic E-state index is -1.36. The van der Waals surface area contributed by atoms with Crippen LogP contribution in [0.1, 0.15) is 33.3 Å². The van der Waals surface area contributed by atoms with Crippen molar-refractivity contribution in [3.05, 3.63) is 23.8 Å². The number of ether oxygens (including phenoxy) is 3. The number of phenolic OH excluding ortho intramolecular Hbond substituents is 2. The van der Waals surface area contributed by atoms with Crippen LogP contribution in [-0.4, -0.2) is 40.3 Å². The van der Waals surface area contributed by atoms with Gasteiger partial charge in [0, 0.05) is 13.3 Å². The van der Waals surface area contributed by atoms with Gasteiger partial charge in [-0.2, -0.15) is 0 Å². The first kappa shape index (κ1) is 20.5. The molecule has 0 aromatic heterocycles. The Morgan fingerprint density at radius 3 is 2.32 bits per heavy atom. The number of rotatable bonds is 7. The molecule has 0 radical (unpaired) electrons. The molecule has 0 bridgehead atoms. The average molecular weight is 356 g/mol. The Labute approximate surface area is 145 Å². The highest BCUT2D eigenvalue weighted by Gasteiger charge is 2.36. The fourth-order valence-electron chi connectivity index (χ4n) is 1.93. The topological polar surface area (TPSA) is 140 Å². The quantitative estimate of drug-likeness (QED) is 0.187. The van der Waals surface area contributed by atoms with Crippen molar-refractivity contribution in [3.63, 3.8) is 0 Å². The lowest BCUT2D eigenvalue weighted by atomic mass is 9.93. The maximum Gasteiger partial charge on any atom is 0.511 e. The van der Waals surface area contributed by atoms with Crippen LogP contribution in [-0.2, 0) is 25.4 Å². The van der Waals surface area contributed by atoms with Crippen LogP contribution in [0.25, 0.3) is 0 Å². The highest BCUT2D eigenvalue weighted by Crippen LogP contribution is 2.27. The molecule has 9 nitrogen and oxygen atoms in total. The number of hydrogen-bond donors (Lipinski definition) is 4.